The number of nitrogens with two attached hydrogens (primary N) is 3. The van der Waals surface area contributed by atoms with Crippen LogP contribution in [-0.4, -0.2) is 0 Å². The summed E-state index contributed by atoms with van der Waals surface area (Å²) in [6, 6.07) is 15.0. The van der Waals surface area contributed by atoms with Crippen molar-refractivity contribution in [2.24, 2.45) is 5.73 Å². The largest absolute Gasteiger partial charge is 0.399 e. The Hall–Kier alpha value is -2.00. The number of hydrogen-bond donors (Lipinski definition) is 3. The molecule has 6 N–H and O–H groups in total. The predicted molar refractivity (Wildman–Crippen MR) is 67.7 cm³/mol. The van der Waals surface area contributed by atoms with Crippen molar-refractivity contribution in [3.05, 3.63) is 59.7 Å². The molecule has 1 unspecified atom stereocenters. The molecule has 0 bridgehead atoms. The van der Waals surface area contributed by atoms with Crippen molar-refractivity contribution in [2.75, 3.05) is 11.5 Å². The fraction of sp³-hybridized carbons (Fsp3) is 0.0769. The third-order valence-electron chi connectivity index (χ3n) is 2.60. The Labute approximate surface area is 94.9 Å². The first-order chi connectivity index (χ1) is 7.68. The van der Waals surface area contributed by atoms with Gasteiger partial charge in [-0.25, -0.2) is 0 Å². The molecular weight excluding hydrogens is 198 g/mol. The van der Waals surface area contributed by atoms with Gasteiger partial charge in [-0.3, -0.25) is 0 Å². The quantitative estimate of drug-likeness (QED) is 0.667. The average molecular weight is 213 g/mol. The minimum absolute atomic E-state index is 0.232. The summed E-state index contributed by atoms with van der Waals surface area (Å²) in [5.74, 6) is 0. The Morgan fingerprint density at radius 1 is 0.875 bits per heavy atom. The van der Waals surface area contributed by atoms with E-state index < -0.39 is 0 Å². The van der Waals surface area contributed by atoms with Crippen LogP contribution in [0.15, 0.2) is 48.5 Å². The van der Waals surface area contributed by atoms with Crippen molar-refractivity contribution in [1.82, 2.24) is 0 Å². The Morgan fingerprint density at radius 3 is 2.25 bits per heavy atom. The Balaban J connectivity index is 2.41. The minimum atomic E-state index is -0.232. The first-order valence-corrected chi connectivity index (χ1v) is 5.14. The number of hydrogen-bond acceptors (Lipinski definition) is 3. The third kappa shape index (κ3) is 1.99. The zero-order valence-electron chi connectivity index (χ0n) is 8.93. The molecule has 82 valence electrons. The highest BCUT2D eigenvalue weighted by molar-refractivity contribution is 5.58. The van der Waals surface area contributed by atoms with Gasteiger partial charge in [-0.15, -0.1) is 0 Å². The van der Waals surface area contributed by atoms with Crippen LogP contribution in [0.3, 0.4) is 0 Å². The molecule has 1 atom stereocenters. The maximum absolute atomic E-state index is 6.15. The van der Waals surface area contributed by atoms with Gasteiger partial charge in [0.1, 0.15) is 0 Å². The zero-order chi connectivity index (χ0) is 11.5. The van der Waals surface area contributed by atoms with Crippen LogP contribution in [0.2, 0.25) is 0 Å². The maximum Gasteiger partial charge on any atom is 0.0572 e. The Morgan fingerprint density at radius 2 is 1.56 bits per heavy atom. The van der Waals surface area contributed by atoms with E-state index in [2.05, 4.69) is 0 Å². The predicted octanol–water partition coefficient (Wildman–Crippen LogP) is 1.90. The van der Waals surface area contributed by atoms with E-state index in [1.165, 1.54) is 0 Å². The van der Waals surface area contributed by atoms with Gasteiger partial charge in [-0.1, -0.05) is 30.3 Å². The first kappa shape index (κ1) is 10.5. The van der Waals surface area contributed by atoms with E-state index in [1.54, 1.807) is 12.1 Å². The highest BCUT2D eigenvalue weighted by Crippen LogP contribution is 2.26. The SMILES string of the molecule is Nc1ccc(N)c(C(N)c2ccccc2)c1. The van der Waals surface area contributed by atoms with Gasteiger partial charge in [0.15, 0.2) is 0 Å². The molecule has 0 spiro atoms. The molecule has 0 saturated heterocycles. The van der Waals surface area contributed by atoms with Crippen LogP contribution in [0.25, 0.3) is 0 Å². The maximum atomic E-state index is 6.15. The number of nitrogen functional groups attached to an aromatic ring is 2. The van der Waals surface area contributed by atoms with Gasteiger partial charge in [0.2, 0.25) is 0 Å². The molecule has 0 aromatic heterocycles. The lowest BCUT2D eigenvalue weighted by atomic mass is 9.98. The Kier molecular flexibility index (Phi) is 2.79. The summed E-state index contributed by atoms with van der Waals surface area (Å²) in [5.41, 5.74) is 21.0. The van der Waals surface area contributed by atoms with Crippen LogP contribution in [0.4, 0.5) is 11.4 Å². The van der Waals surface area contributed by atoms with Gasteiger partial charge in [-0.05, 0) is 29.3 Å². The van der Waals surface area contributed by atoms with Crippen molar-refractivity contribution >= 4 is 11.4 Å². The molecule has 3 heteroatoms. The van der Waals surface area contributed by atoms with E-state index in [9.17, 15) is 0 Å². The minimum Gasteiger partial charge on any atom is -0.399 e. The van der Waals surface area contributed by atoms with E-state index in [0.29, 0.717) is 11.4 Å². The zero-order valence-corrected chi connectivity index (χ0v) is 8.93. The van der Waals surface area contributed by atoms with Crippen LogP contribution < -0.4 is 17.2 Å². The molecule has 0 fully saturated rings. The molecule has 0 heterocycles. The number of benzene rings is 2. The second-order valence-corrected chi connectivity index (χ2v) is 3.78. The molecule has 3 nitrogen and oxygen atoms in total. The molecule has 0 aliphatic heterocycles. The molecule has 0 aliphatic rings. The van der Waals surface area contributed by atoms with E-state index >= 15 is 0 Å². The van der Waals surface area contributed by atoms with Crippen LogP contribution in [0.5, 0.6) is 0 Å². The monoisotopic (exact) mass is 213 g/mol. The molecule has 2 rings (SSSR count). The second-order valence-electron chi connectivity index (χ2n) is 3.78. The van der Waals surface area contributed by atoms with Gasteiger partial charge >= 0.3 is 0 Å². The van der Waals surface area contributed by atoms with Crippen LogP contribution in [0, 0.1) is 0 Å². The summed E-state index contributed by atoms with van der Waals surface area (Å²) in [5, 5.41) is 0. The van der Waals surface area contributed by atoms with Gasteiger partial charge < -0.3 is 17.2 Å². The molecule has 0 aliphatic carbocycles. The molecule has 2 aromatic rings. The van der Waals surface area contributed by atoms with Crippen LogP contribution >= 0.6 is 0 Å². The summed E-state index contributed by atoms with van der Waals surface area (Å²) >= 11 is 0. The standard InChI is InChI=1S/C13H15N3/c14-10-6-7-12(15)11(8-10)13(16)9-4-2-1-3-5-9/h1-8,13H,14-16H2. The third-order valence-corrected chi connectivity index (χ3v) is 2.60. The molecule has 16 heavy (non-hydrogen) atoms. The summed E-state index contributed by atoms with van der Waals surface area (Å²) < 4.78 is 0. The summed E-state index contributed by atoms with van der Waals surface area (Å²) in [6.07, 6.45) is 0. The number of anilines is 2. The van der Waals surface area contributed by atoms with Crippen molar-refractivity contribution in [1.29, 1.82) is 0 Å². The van der Waals surface area contributed by atoms with Gasteiger partial charge in [0.25, 0.3) is 0 Å². The fourth-order valence-electron chi connectivity index (χ4n) is 1.70. The van der Waals surface area contributed by atoms with Crippen LogP contribution in [0.1, 0.15) is 17.2 Å². The van der Waals surface area contributed by atoms with Crippen LogP contribution in [-0.2, 0) is 0 Å². The summed E-state index contributed by atoms with van der Waals surface area (Å²) in [6.45, 7) is 0. The van der Waals surface area contributed by atoms with E-state index in [4.69, 9.17) is 17.2 Å². The van der Waals surface area contributed by atoms with Crippen molar-refractivity contribution < 1.29 is 0 Å². The summed E-state index contributed by atoms with van der Waals surface area (Å²) in [7, 11) is 0. The Bertz CT molecular complexity index is 480. The normalized spacial score (nSPS) is 12.3. The average Bonchev–Trinajstić information content (AvgIpc) is 2.32. The van der Waals surface area contributed by atoms with E-state index in [1.807, 2.05) is 36.4 Å². The molecule has 2 aromatic carbocycles. The highest BCUT2D eigenvalue weighted by atomic mass is 14.7. The lowest BCUT2D eigenvalue weighted by Crippen LogP contribution is -2.14. The van der Waals surface area contributed by atoms with Crippen molar-refractivity contribution in [3.63, 3.8) is 0 Å². The highest BCUT2D eigenvalue weighted by Gasteiger charge is 2.11. The van der Waals surface area contributed by atoms with Gasteiger partial charge in [0, 0.05) is 11.4 Å². The second kappa shape index (κ2) is 4.24. The number of rotatable bonds is 2. The lowest BCUT2D eigenvalue weighted by molar-refractivity contribution is 0.875. The lowest BCUT2D eigenvalue weighted by Gasteiger charge is -2.15. The van der Waals surface area contributed by atoms with E-state index in [-0.39, 0.29) is 6.04 Å². The van der Waals surface area contributed by atoms with Gasteiger partial charge in [-0.2, -0.15) is 0 Å². The molecule has 0 amide bonds. The molecule has 0 saturated carbocycles. The van der Waals surface area contributed by atoms with Crippen molar-refractivity contribution in [3.8, 4) is 0 Å². The fourth-order valence-corrected chi connectivity index (χ4v) is 1.70. The van der Waals surface area contributed by atoms with Crippen molar-refractivity contribution in [2.45, 2.75) is 6.04 Å². The topological polar surface area (TPSA) is 78.1 Å². The van der Waals surface area contributed by atoms with Gasteiger partial charge in [0.05, 0.1) is 6.04 Å². The molecule has 0 radical (unpaired) electrons. The molecular formula is C13H15N3. The van der Waals surface area contributed by atoms with E-state index in [0.717, 1.165) is 11.1 Å². The smallest absolute Gasteiger partial charge is 0.0572 e. The first-order valence-electron chi connectivity index (χ1n) is 5.14. The summed E-state index contributed by atoms with van der Waals surface area (Å²) in [4.78, 5) is 0.